The molecule has 0 amide bonds. The second kappa shape index (κ2) is 31.3. The van der Waals surface area contributed by atoms with Crippen molar-refractivity contribution in [2.75, 3.05) is 13.2 Å². The second-order valence-electron chi connectivity index (χ2n) is 38.9. The Morgan fingerprint density at radius 1 is 0.253 bits per heavy atom. The molecule has 0 aromatic rings. The lowest BCUT2D eigenvalue weighted by Crippen LogP contribution is -2.45. The van der Waals surface area contributed by atoms with Gasteiger partial charge in [-0.15, -0.1) is 0 Å². The summed E-state index contributed by atoms with van der Waals surface area (Å²) in [5, 5.41) is 0. The largest absolute Gasteiger partial charge is 0.381 e. The number of hydrogen-bond acceptors (Lipinski definition) is 1. The van der Waals surface area contributed by atoms with Gasteiger partial charge in [-0.3, -0.25) is 0 Å². The standard InChI is InChI=1S/C15H30.C12H24O.2C12H24.C11H22.2C10H20/c1-13(2,3)15(14(4,5)6)11-9-7-8-10-12-15;1-10(2)12(11(3,4)5)6-8-13-9-7-12;1-9(2)12(10(3,4)5)8-11(12,6)7;1-10(2)12(11(3)4)8-6-5-7-9-12;1-9(2)11(10(3)4)7-5-6-8-11;1-8(2)10(6-7-10)9(3,4)5;1-8(2)10(9(3)4)6-5-7-10/h7-12H2,1-6H3;10H,6-9H2,1-5H3;9H,8H2,1-7H3;10-11H,5-9H2,1-4H3;9-10H,5-8H2,1-4H3;8H,6-7H2,1-5H3;8-9H,5-7H2,1-4H3. The molecule has 1 unspecified atom stereocenters. The minimum atomic E-state index is 0.408. The van der Waals surface area contributed by atoms with E-state index in [9.17, 15) is 0 Å². The van der Waals surface area contributed by atoms with E-state index in [1.807, 2.05) is 0 Å². The third kappa shape index (κ3) is 19.3. The maximum atomic E-state index is 5.47. The van der Waals surface area contributed by atoms with Crippen LogP contribution in [0.3, 0.4) is 0 Å². The van der Waals surface area contributed by atoms with Gasteiger partial charge in [-0.2, -0.15) is 0 Å². The topological polar surface area (TPSA) is 9.23 Å². The van der Waals surface area contributed by atoms with Crippen LogP contribution in [-0.4, -0.2) is 13.2 Å². The van der Waals surface area contributed by atoms with E-state index in [4.69, 9.17) is 4.74 Å². The van der Waals surface area contributed by atoms with Crippen LogP contribution < -0.4 is 0 Å². The monoisotopic (exact) mass is 1170 g/mol. The summed E-state index contributed by atoms with van der Waals surface area (Å²) < 4.78 is 5.47. The Balaban J connectivity index is 0.000000486. The molecule has 0 bridgehead atoms. The van der Waals surface area contributed by atoms with Crippen molar-refractivity contribution in [1.82, 2.24) is 0 Å². The Hall–Kier alpha value is -0.0400. The van der Waals surface area contributed by atoms with Gasteiger partial charge in [-0.1, -0.05) is 307 Å². The van der Waals surface area contributed by atoms with Gasteiger partial charge in [0.05, 0.1) is 0 Å². The first-order valence-electron chi connectivity index (χ1n) is 37.0. The molecule has 0 aromatic carbocycles. The first-order chi connectivity index (χ1) is 37.4. The molecule has 1 heterocycles. The maximum Gasteiger partial charge on any atom is 0.0471 e. The summed E-state index contributed by atoms with van der Waals surface area (Å²) in [5.74, 6) is 7.73. The van der Waals surface area contributed by atoms with E-state index < -0.39 is 0 Å². The lowest BCUT2D eigenvalue weighted by Gasteiger charge is -2.54. The van der Waals surface area contributed by atoms with Crippen LogP contribution in [0.4, 0.5) is 0 Å². The van der Waals surface area contributed by atoms with Crippen LogP contribution in [0.2, 0.25) is 0 Å². The molecule has 0 radical (unpaired) electrons. The Kier molecular flexibility index (Phi) is 30.6. The molecule has 0 N–H and O–H groups in total. The lowest BCUT2D eigenvalue weighted by atomic mass is 9.51. The van der Waals surface area contributed by atoms with Crippen molar-refractivity contribution in [2.45, 2.75) is 390 Å². The smallest absolute Gasteiger partial charge is 0.0471 e. The van der Waals surface area contributed by atoms with Crippen LogP contribution in [0.15, 0.2) is 0 Å². The molecule has 6 aliphatic carbocycles. The van der Waals surface area contributed by atoms with Crippen LogP contribution in [0.5, 0.6) is 0 Å². The SMILES string of the molecule is CC(C)(C)C1(C(C)(C)C)CCCCCC1.CC(C)C1(C(C)(C)C)CC1.CC(C)C1(C(C)(C)C)CC1(C)C.CC(C)C1(C(C)(C)C)CCOCC1.CC(C)C1(C(C)C)CCC1.CC(C)C1(C(C)C)CCCC1.CC(C)C1(C(C)C)CCCCC1. The highest BCUT2D eigenvalue weighted by Crippen LogP contribution is 2.75. The van der Waals surface area contributed by atoms with Crippen molar-refractivity contribution < 1.29 is 4.74 Å². The summed E-state index contributed by atoms with van der Waals surface area (Å²) in [5.41, 5.74) is 7.24. The van der Waals surface area contributed by atoms with Crippen LogP contribution in [-0.2, 0) is 4.74 Å². The zero-order valence-electron chi connectivity index (χ0n) is 64.8. The molecule has 83 heavy (non-hydrogen) atoms. The Morgan fingerprint density at radius 3 is 0.627 bits per heavy atom. The molecule has 1 nitrogen and oxygen atoms in total. The highest BCUT2D eigenvalue weighted by atomic mass is 16.5. The van der Waals surface area contributed by atoms with Gasteiger partial charge in [0, 0.05) is 13.2 Å². The molecule has 1 heteroatoms. The van der Waals surface area contributed by atoms with Gasteiger partial charge in [-0.05, 0) is 207 Å². The van der Waals surface area contributed by atoms with E-state index >= 15 is 0 Å². The Bertz CT molecular complexity index is 1680. The molecule has 1 saturated heterocycles. The molecule has 7 aliphatic rings. The molecular weight excluding hydrogens is 1000 g/mol. The fourth-order valence-electron chi connectivity index (χ4n) is 21.3. The molecular formula is C82H164O. The number of ether oxygens (including phenoxy) is 1. The number of hydrogen-bond donors (Lipinski definition) is 0. The van der Waals surface area contributed by atoms with Crippen LogP contribution in [0.1, 0.15) is 390 Å². The average molecular weight is 1170 g/mol. The highest BCUT2D eigenvalue weighted by Gasteiger charge is 2.67. The van der Waals surface area contributed by atoms with Crippen molar-refractivity contribution in [3.05, 3.63) is 0 Å². The van der Waals surface area contributed by atoms with Crippen molar-refractivity contribution in [3.8, 4) is 0 Å². The summed E-state index contributed by atoms with van der Waals surface area (Å²) in [7, 11) is 0. The molecule has 0 aromatic heterocycles. The molecule has 1 aliphatic heterocycles. The Labute approximate surface area is 528 Å². The zero-order valence-corrected chi connectivity index (χ0v) is 64.8. The minimum absolute atomic E-state index is 0.408. The predicted octanol–water partition coefficient (Wildman–Crippen LogP) is 28.1. The van der Waals surface area contributed by atoms with E-state index in [2.05, 4.69) is 242 Å². The van der Waals surface area contributed by atoms with Gasteiger partial charge < -0.3 is 4.74 Å². The summed E-state index contributed by atoms with van der Waals surface area (Å²) >= 11 is 0. The molecule has 6 saturated carbocycles. The summed E-state index contributed by atoms with van der Waals surface area (Å²) in [4.78, 5) is 0. The minimum Gasteiger partial charge on any atom is -0.381 e. The fraction of sp³-hybridized carbons (Fsp3) is 1.00. The average Bonchev–Trinajstić information content (AvgIpc) is 4.21. The predicted molar refractivity (Wildman–Crippen MR) is 379 cm³/mol. The molecule has 7 fully saturated rings. The maximum absolute atomic E-state index is 5.47. The summed E-state index contributed by atoms with van der Waals surface area (Å²) in [6.45, 7) is 85.7. The van der Waals surface area contributed by atoms with Gasteiger partial charge in [0.25, 0.3) is 0 Å². The van der Waals surface area contributed by atoms with Crippen LogP contribution in [0, 0.1) is 124 Å². The second-order valence-corrected chi connectivity index (χ2v) is 38.9. The van der Waals surface area contributed by atoms with E-state index in [-0.39, 0.29) is 0 Å². The van der Waals surface area contributed by atoms with Crippen LogP contribution >= 0.6 is 0 Å². The third-order valence-electron chi connectivity index (χ3n) is 27.8. The fourth-order valence-corrected chi connectivity index (χ4v) is 21.3. The molecule has 498 valence electrons. The van der Waals surface area contributed by atoms with Crippen molar-refractivity contribution >= 4 is 0 Å². The quantitative estimate of drug-likeness (QED) is 0.209. The van der Waals surface area contributed by atoms with E-state index in [0.29, 0.717) is 65.0 Å². The van der Waals surface area contributed by atoms with E-state index in [1.165, 1.54) is 148 Å². The number of rotatable bonds is 9. The van der Waals surface area contributed by atoms with Crippen LogP contribution in [0.25, 0.3) is 0 Å². The lowest BCUT2D eigenvalue weighted by molar-refractivity contribution is -0.0758. The summed E-state index contributed by atoms with van der Waals surface area (Å²) in [6.07, 6.45) is 33.1. The van der Waals surface area contributed by atoms with Crippen molar-refractivity contribution in [1.29, 1.82) is 0 Å². The normalized spacial score (nSPS) is 25.0. The van der Waals surface area contributed by atoms with Gasteiger partial charge in [0.2, 0.25) is 0 Å². The van der Waals surface area contributed by atoms with Gasteiger partial charge in [0.1, 0.15) is 0 Å². The van der Waals surface area contributed by atoms with Gasteiger partial charge in [-0.25, -0.2) is 0 Å². The Morgan fingerprint density at radius 2 is 0.494 bits per heavy atom. The molecule has 0 spiro atoms. The molecule has 7 rings (SSSR count). The zero-order chi connectivity index (χ0) is 65.1. The van der Waals surface area contributed by atoms with Crippen molar-refractivity contribution in [2.24, 2.45) is 124 Å². The van der Waals surface area contributed by atoms with Crippen molar-refractivity contribution in [3.63, 3.8) is 0 Å². The molecule has 1 atom stereocenters. The van der Waals surface area contributed by atoms with E-state index in [0.717, 1.165) is 71.9 Å². The third-order valence-corrected chi connectivity index (χ3v) is 27.8. The summed E-state index contributed by atoms with van der Waals surface area (Å²) in [6, 6.07) is 0. The van der Waals surface area contributed by atoms with Gasteiger partial charge in [0.15, 0.2) is 0 Å². The first-order valence-corrected chi connectivity index (χ1v) is 37.0. The van der Waals surface area contributed by atoms with E-state index in [1.54, 1.807) is 0 Å². The highest BCUT2D eigenvalue weighted by molar-refractivity contribution is 5.16. The van der Waals surface area contributed by atoms with Gasteiger partial charge >= 0.3 is 0 Å². The first kappa shape index (κ1) is 81.0.